The van der Waals surface area contributed by atoms with Crippen LogP contribution < -0.4 is 10.1 Å². The van der Waals surface area contributed by atoms with Crippen LogP contribution in [-0.2, 0) is 0 Å². The first kappa shape index (κ1) is 12.3. The van der Waals surface area contributed by atoms with Crippen LogP contribution >= 0.6 is 0 Å². The van der Waals surface area contributed by atoms with Crippen LogP contribution in [0.25, 0.3) is 10.8 Å². The molecule has 1 heterocycles. The third kappa shape index (κ3) is 2.15. The fourth-order valence-electron chi connectivity index (χ4n) is 2.90. The fourth-order valence-corrected chi connectivity index (χ4v) is 2.90. The van der Waals surface area contributed by atoms with Crippen molar-refractivity contribution in [1.82, 2.24) is 5.32 Å². The molecule has 1 saturated heterocycles. The minimum atomic E-state index is 0.229. The first-order valence-electron chi connectivity index (χ1n) is 6.83. The third-order valence-corrected chi connectivity index (χ3v) is 3.91. The highest BCUT2D eigenvalue weighted by atomic mass is 16.5. The number of rotatable bonds is 2. The highest BCUT2D eigenvalue weighted by molar-refractivity contribution is 5.94. The summed E-state index contributed by atoms with van der Waals surface area (Å²) in [5.74, 6) is 1.21. The molecule has 0 saturated carbocycles. The average molecular weight is 257 g/mol. The minimum Gasteiger partial charge on any atom is -0.507 e. The van der Waals surface area contributed by atoms with E-state index in [9.17, 15) is 5.11 Å². The van der Waals surface area contributed by atoms with Gasteiger partial charge in [-0.05, 0) is 25.5 Å². The molecule has 2 aromatic carbocycles. The zero-order chi connectivity index (χ0) is 13.2. The molecular weight excluding hydrogens is 238 g/mol. The van der Waals surface area contributed by atoms with Gasteiger partial charge in [-0.1, -0.05) is 30.7 Å². The molecule has 3 nitrogen and oxygen atoms in total. The molecule has 2 N–H and O–H groups in total. The number of benzene rings is 2. The molecule has 0 bridgehead atoms. The molecule has 100 valence electrons. The van der Waals surface area contributed by atoms with Crippen molar-refractivity contribution in [3.63, 3.8) is 0 Å². The number of phenolic OH excluding ortho intramolecular Hbond substituents is 1. The van der Waals surface area contributed by atoms with Gasteiger partial charge >= 0.3 is 0 Å². The Labute approximate surface area is 113 Å². The van der Waals surface area contributed by atoms with E-state index in [0.29, 0.717) is 5.75 Å². The number of hydrogen-bond acceptors (Lipinski definition) is 3. The molecule has 0 aromatic heterocycles. The lowest BCUT2D eigenvalue weighted by atomic mass is 9.94. The Hall–Kier alpha value is -1.74. The second kappa shape index (κ2) is 5.10. The van der Waals surface area contributed by atoms with Crippen molar-refractivity contribution in [1.29, 1.82) is 0 Å². The highest BCUT2D eigenvalue weighted by Gasteiger charge is 2.21. The zero-order valence-electron chi connectivity index (χ0n) is 11.1. The maximum atomic E-state index is 10.5. The van der Waals surface area contributed by atoms with Crippen molar-refractivity contribution in [2.45, 2.75) is 25.3 Å². The van der Waals surface area contributed by atoms with Gasteiger partial charge in [0, 0.05) is 22.4 Å². The molecule has 1 aliphatic heterocycles. The number of aromatic hydroxyl groups is 1. The maximum absolute atomic E-state index is 10.5. The molecule has 1 fully saturated rings. The summed E-state index contributed by atoms with van der Waals surface area (Å²) >= 11 is 0. The topological polar surface area (TPSA) is 41.5 Å². The molecule has 3 rings (SSSR count). The molecule has 0 aliphatic carbocycles. The van der Waals surface area contributed by atoms with Crippen LogP contribution in [-0.4, -0.2) is 18.8 Å². The number of fused-ring (bicyclic) bond motifs is 1. The first-order chi connectivity index (χ1) is 9.31. The summed E-state index contributed by atoms with van der Waals surface area (Å²) in [7, 11) is 1.68. The van der Waals surface area contributed by atoms with Gasteiger partial charge in [0.2, 0.25) is 0 Å². The predicted molar refractivity (Wildman–Crippen MR) is 76.8 cm³/mol. The average Bonchev–Trinajstić information content (AvgIpc) is 2.49. The van der Waals surface area contributed by atoms with Crippen LogP contribution in [0.1, 0.15) is 30.9 Å². The third-order valence-electron chi connectivity index (χ3n) is 3.91. The van der Waals surface area contributed by atoms with E-state index >= 15 is 0 Å². The van der Waals surface area contributed by atoms with Crippen LogP contribution in [0.3, 0.4) is 0 Å². The van der Waals surface area contributed by atoms with Crippen molar-refractivity contribution >= 4 is 10.8 Å². The summed E-state index contributed by atoms with van der Waals surface area (Å²) in [5, 5.41) is 15.8. The quantitative estimate of drug-likeness (QED) is 0.866. The Bertz CT molecular complexity index is 589. The van der Waals surface area contributed by atoms with Gasteiger partial charge < -0.3 is 15.2 Å². The minimum absolute atomic E-state index is 0.229. The number of nitrogens with one attached hydrogen (secondary N) is 1. The van der Waals surface area contributed by atoms with E-state index in [1.165, 1.54) is 12.8 Å². The van der Waals surface area contributed by atoms with Crippen LogP contribution in [0.2, 0.25) is 0 Å². The molecule has 1 aliphatic rings. The molecule has 3 heteroatoms. The molecule has 0 spiro atoms. The van der Waals surface area contributed by atoms with Crippen molar-refractivity contribution in [2.75, 3.05) is 13.7 Å². The normalized spacial score (nSPS) is 19.5. The van der Waals surface area contributed by atoms with Gasteiger partial charge in [0.15, 0.2) is 0 Å². The number of ether oxygens (including phenoxy) is 1. The van der Waals surface area contributed by atoms with Crippen molar-refractivity contribution in [3.8, 4) is 11.5 Å². The molecule has 1 unspecified atom stereocenters. The van der Waals surface area contributed by atoms with Crippen LogP contribution in [0.4, 0.5) is 0 Å². The predicted octanol–water partition coefficient (Wildman–Crippen LogP) is 3.37. The van der Waals surface area contributed by atoms with E-state index < -0.39 is 0 Å². The molecule has 0 radical (unpaired) electrons. The number of phenols is 1. The van der Waals surface area contributed by atoms with Gasteiger partial charge in [0.25, 0.3) is 0 Å². The smallest absolute Gasteiger partial charge is 0.128 e. The summed E-state index contributed by atoms with van der Waals surface area (Å²) in [4.78, 5) is 0. The fraction of sp³-hybridized carbons (Fsp3) is 0.375. The van der Waals surface area contributed by atoms with E-state index in [1.807, 2.05) is 30.3 Å². The lowest BCUT2D eigenvalue weighted by Crippen LogP contribution is -2.26. The Morgan fingerprint density at radius 1 is 1.21 bits per heavy atom. The van der Waals surface area contributed by atoms with Crippen LogP contribution in [0.5, 0.6) is 11.5 Å². The number of piperidine rings is 1. The van der Waals surface area contributed by atoms with Gasteiger partial charge in [-0.15, -0.1) is 0 Å². The summed E-state index contributed by atoms with van der Waals surface area (Å²) in [6.07, 6.45) is 3.48. The highest BCUT2D eigenvalue weighted by Crippen LogP contribution is 2.40. The van der Waals surface area contributed by atoms with Crippen molar-refractivity contribution in [3.05, 3.63) is 35.9 Å². The van der Waals surface area contributed by atoms with Gasteiger partial charge in [-0.3, -0.25) is 0 Å². The van der Waals surface area contributed by atoms with Crippen molar-refractivity contribution in [2.24, 2.45) is 0 Å². The van der Waals surface area contributed by atoms with Gasteiger partial charge in [-0.25, -0.2) is 0 Å². The Morgan fingerprint density at radius 3 is 2.68 bits per heavy atom. The summed E-state index contributed by atoms with van der Waals surface area (Å²) in [5.41, 5.74) is 0.954. The summed E-state index contributed by atoms with van der Waals surface area (Å²) in [6.45, 7) is 1.01. The van der Waals surface area contributed by atoms with Crippen LogP contribution in [0.15, 0.2) is 30.3 Å². The zero-order valence-corrected chi connectivity index (χ0v) is 11.1. The lowest BCUT2D eigenvalue weighted by molar-refractivity contribution is 0.386. The lowest BCUT2D eigenvalue weighted by Gasteiger charge is -2.25. The SMILES string of the molecule is COc1cc(C2CCCCN2)c(O)c2ccccc12. The second-order valence-electron chi connectivity index (χ2n) is 5.06. The van der Waals surface area contributed by atoms with Gasteiger partial charge in [0.05, 0.1) is 7.11 Å². The van der Waals surface area contributed by atoms with E-state index in [-0.39, 0.29) is 6.04 Å². The number of methoxy groups -OCH3 is 1. The van der Waals surface area contributed by atoms with Gasteiger partial charge in [0.1, 0.15) is 11.5 Å². The molecule has 0 amide bonds. The van der Waals surface area contributed by atoms with Crippen LogP contribution in [0, 0.1) is 0 Å². The first-order valence-corrected chi connectivity index (χ1v) is 6.83. The maximum Gasteiger partial charge on any atom is 0.128 e. The Kier molecular flexibility index (Phi) is 3.30. The monoisotopic (exact) mass is 257 g/mol. The largest absolute Gasteiger partial charge is 0.507 e. The second-order valence-corrected chi connectivity index (χ2v) is 5.06. The molecule has 19 heavy (non-hydrogen) atoms. The molecule has 1 atom stereocenters. The van der Waals surface area contributed by atoms with E-state index in [4.69, 9.17) is 4.74 Å². The molecular formula is C16H19NO2. The van der Waals surface area contributed by atoms with Crippen molar-refractivity contribution < 1.29 is 9.84 Å². The standard InChI is InChI=1S/C16H19NO2/c1-19-15-10-13(14-8-4-5-9-17-14)16(18)12-7-3-2-6-11(12)15/h2-3,6-7,10,14,17-18H,4-5,8-9H2,1H3. The number of hydrogen-bond donors (Lipinski definition) is 2. The molecule has 2 aromatic rings. The summed E-state index contributed by atoms with van der Waals surface area (Å²) in [6, 6.07) is 10.0. The van der Waals surface area contributed by atoms with E-state index in [1.54, 1.807) is 7.11 Å². The van der Waals surface area contributed by atoms with E-state index in [0.717, 1.165) is 35.1 Å². The van der Waals surface area contributed by atoms with Gasteiger partial charge in [-0.2, -0.15) is 0 Å². The Balaban J connectivity index is 2.16. The summed E-state index contributed by atoms with van der Waals surface area (Å²) < 4.78 is 5.48. The Morgan fingerprint density at radius 2 is 2.00 bits per heavy atom. The van der Waals surface area contributed by atoms with E-state index in [2.05, 4.69) is 5.32 Å².